The molecule has 2 rings (SSSR count). The number of amides is 1. The summed E-state index contributed by atoms with van der Waals surface area (Å²) >= 11 is 0. The average molecular weight is 286 g/mol. The fourth-order valence-corrected chi connectivity index (χ4v) is 2.72. The fraction of sp³-hybridized carbons (Fsp3) is 0.500. The minimum Gasteiger partial charge on any atom is -0.354 e. The molecule has 2 atom stereocenters. The van der Waals surface area contributed by atoms with Gasteiger partial charge in [-0.15, -0.1) is 0 Å². The molecule has 0 saturated heterocycles. The van der Waals surface area contributed by atoms with Crippen LogP contribution in [0.2, 0.25) is 0 Å². The molecule has 0 aromatic heterocycles. The summed E-state index contributed by atoms with van der Waals surface area (Å²) in [6.07, 6.45) is 8.14. The van der Waals surface area contributed by atoms with E-state index in [2.05, 4.69) is 60.7 Å². The number of carbonyl (C=O) groups excluding carboxylic acids is 1. The second kappa shape index (κ2) is 7.99. The first-order valence-corrected chi connectivity index (χ1v) is 7.80. The number of allylic oxidation sites excluding steroid dienone is 2. The molecule has 0 spiro atoms. The lowest BCUT2D eigenvalue weighted by atomic mass is 9.93. The van der Waals surface area contributed by atoms with Crippen LogP contribution in [0.15, 0.2) is 42.5 Å². The molecule has 1 N–H and O–H groups in total. The quantitative estimate of drug-likeness (QED) is 0.815. The zero-order valence-electron chi connectivity index (χ0n) is 13.1. The summed E-state index contributed by atoms with van der Waals surface area (Å²) in [5.74, 6) is 0.369. The topological polar surface area (TPSA) is 32.3 Å². The van der Waals surface area contributed by atoms with E-state index in [1.165, 1.54) is 5.56 Å². The first kappa shape index (κ1) is 15.8. The Morgan fingerprint density at radius 2 is 2.05 bits per heavy atom. The summed E-state index contributed by atoms with van der Waals surface area (Å²) in [6.45, 7) is 0.709. The molecule has 2 unspecified atom stereocenters. The van der Waals surface area contributed by atoms with Crippen LogP contribution in [0.3, 0.4) is 0 Å². The van der Waals surface area contributed by atoms with E-state index in [9.17, 15) is 4.79 Å². The number of benzene rings is 1. The summed E-state index contributed by atoms with van der Waals surface area (Å²) in [6, 6.07) is 10.8. The van der Waals surface area contributed by atoms with Crippen LogP contribution in [-0.2, 0) is 11.2 Å². The van der Waals surface area contributed by atoms with Crippen LogP contribution in [-0.4, -0.2) is 37.5 Å². The molecule has 1 aliphatic rings. The highest BCUT2D eigenvalue weighted by Gasteiger charge is 2.20. The third-order valence-electron chi connectivity index (χ3n) is 4.20. The van der Waals surface area contributed by atoms with Crippen molar-refractivity contribution in [3.05, 3.63) is 48.0 Å². The predicted octanol–water partition coefficient (Wildman–Crippen LogP) is 2.63. The predicted molar refractivity (Wildman–Crippen MR) is 87.1 cm³/mol. The standard InChI is InChI=1S/C18H26N2O/c1-20(2)17(13-15-9-5-3-6-10-15)14-19-18(21)16-11-7-4-8-12-16/h3-7,9-10,16-17H,8,11-14H2,1-2H3,(H,19,21). The molecule has 0 aliphatic heterocycles. The molecule has 0 heterocycles. The minimum absolute atomic E-state index is 0.162. The minimum atomic E-state index is 0.162. The van der Waals surface area contributed by atoms with Crippen molar-refractivity contribution in [1.29, 1.82) is 0 Å². The van der Waals surface area contributed by atoms with Crippen LogP contribution in [0.5, 0.6) is 0 Å². The van der Waals surface area contributed by atoms with Gasteiger partial charge < -0.3 is 10.2 Å². The Kier molecular flexibility index (Phi) is 6.00. The van der Waals surface area contributed by atoms with E-state index < -0.39 is 0 Å². The zero-order valence-corrected chi connectivity index (χ0v) is 13.1. The normalized spacial score (nSPS) is 19.5. The first-order chi connectivity index (χ1) is 10.2. The van der Waals surface area contributed by atoms with Crippen molar-refractivity contribution >= 4 is 5.91 Å². The van der Waals surface area contributed by atoms with Gasteiger partial charge in [0.1, 0.15) is 0 Å². The molecule has 0 bridgehead atoms. The lowest BCUT2D eigenvalue weighted by Crippen LogP contribution is -2.43. The van der Waals surface area contributed by atoms with E-state index in [0.29, 0.717) is 12.6 Å². The summed E-state index contributed by atoms with van der Waals surface area (Å²) in [5, 5.41) is 3.14. The number of likely N-dealkylation sites (N-methyl/N-ethyl adjacent to an activating group) is 1. The van der Waals surface area contributed by atoms with Gasteiger partial charge in [0.25, 0.3) is 0 Å². The van der Waals surface area contributed by atoms with Crippen LogP contribution in [0.25, 0.3) is 0 Å². The van der Waals surface area contributed by atoms with Gasteiger partial charge in [-0.3, -0.25) is 4.79 Å². The van der Waals surface area contributed by atoms with Gasteiger partial charge in [0, 0.05) is 18.5 Å². The third-order valence-corrected chi connectivity index (χ3v) is 4.20. The van der Waals surface area contributed by atoms with E-state index >= 15 is 0 Å². The van der Waals surface area contributed by atoms with Crippen molar-refractivity contribution in [2.45, 2.75) is 31.7 Å². The summed E-state index contributed by atoms with van der Waals surface area (Å²) < 4.78 is 0. The van der Waals surface area contributed by atoms with Gasteiger partial charge in [-0.2, -0.15) is 0 Å². The van der Waals surface area contributed by atoms with Crippen LogP contribution in [0.4, 0.5) is 0 Å². The Morgan fingerprint density at radius 1 is 1.29 bits per heavy atom. The van der Waals surface area contributed by atoms with Crippen molar-refractivity contribution < 1.29 is 4.79 Å². The molecule has 1 aromatic carbocycles. The van der Waals surface area contributed by atoms with Gasteiger partial charge in [-0.05, 0) is 45.3 Å². The second-order valence-electron chi connectivity index (χ2n) is 6.03. The Hall–Kier alpha value is -1.61. The highest BCUT2D eigenvalue weighted by Crippen LogP contribution is 2.18. The van der Waals surface area contributed by atoms with Crippen LogP contribution in [0.1, 0.15) is 24.8 Å². The summed E-state index contributed by atoms with van der Waals surface area (Å²) in [7, 11) is 4.15. The van der Waals surface area contributed by atoms with Crippen LogP contribution >= 0.6 is 0 Å². The summed E-state index contributed by atoms with van der Waals surface area (Å²) in [4.78, 5) is 14.4. The average Bonchev–Trinajstić information content (AvgIpc) is 2.52. The van der Waals surface area contributed by atoms with E-state index in [4.69, 9.17) is 0 Å². The molecule has 0 radical (unpaired) electrons. The van der Waals surface area contributed by atoms with E-state index in [1.54, 1.807) is 0 Å². The van der Waals surface area contributed by atoms with Gasteiger partial charge in [0.2, 0.25) is 5.91 Å². The smallest absolute Gasteiger partial charge is 0.223 e. The van der Waals surface area contributed by atoms with Crippen molar-refractivity contribution in [2.24, 2.45) is 5.92 Å². The molecule has 1 aromatic rings. The maximum atomic E-state index is 12.2. The molecule has 1 aliphatic carbocycles. The molecular formula is C18H26N2O. The van der Waals surface area contributed by atoms with Crippen molar-refractivity contribution in [3.63, 3.8) is 0 Å². The maximum absolute atomic E-state index is 12.2. The fourth-order valence-electron chi connectivity index (χ4n) is 2.72. The largest absolute Gasteiger partial charge is 0.354 e. The molecule has 0 fully saturated rings. The van der Waals surface area contributed by atoms with Gasteiger partial charge in [0.05, 0.1) is 0 Å². The van der Waals surface area contributed by atoms with E-state index in [-0.39, 0.29) is 11.8 Å². The Morgan fingerprint density at radius 3 is 2.67 bits per heavy atom. The number of carbonyl (C=O) groups is 1. The highest BCUT2D eigenvalue weighted by atomic mass is 16.1. The number of hydrogen-bond acceptors (Lipinski definition) is 2. The molecule has 114 valence electrons. The Balaban J connectivity index is 1.85. The van der Waals surface area contributed by atoms with Gasteiger partial charge in [0.15, 0.2) is 0 Å². The number of nitrogens with zero attached hydrogens (tertiary/aromatic N) is 1. The molecule has 3 heteroatoms. The molecular weight excluding hydrogens is 260 g/mol. The van der Waals surface area contributed by atoms with E-state index in [1.807, 2.05) is 6.07 Å². The SMILES string of the molecule is CN(C)C(CNC(=O)C1CC=CCC1)Cc1ccccc1. The van der Waals surface area contributed by atoms with Crippen molar-refractivity contribution in [3.8, 4) is 0 Å². The maximum Gasteiger partial charge on any atom is 0.223 e. The van der Waals surface area contributed by atoms with Crippen LogP contribution in [0, 0.1) is 5.92 Å². The lowest BCUT2D eigenvalue weighted by molar-refractivity contribution is -0.125. The van der Waals surface area contributed by atoms with Crippen molar-refractivity contribution in [1.82, 2.24) is 10.2 Å². The van der Waals surface area contributed by atoms with Crippen LogP contribution < -0.4 is 5.32 Å². The van der Waals surface area contributed by atoms with Gasteiger partial charge in [-0.1, -0.05) is 42.5 Å². The number of hydrogen-bond donors (Lipinski definition) is 1. The number of nitrogens with one attached hydrogen (secondary N) is 1. The molecule has 1 amide bonds. The second-order valence-corrected chi connectivity index (χ2v) is 6.03. The highest BCUT2D eigenvalue weighted by molar-refractivity contribution is 5.79. The Bertz CT molecular complexity index is 467. The first-order valence-electron chi connectivity index (χ1n) is 7.80. The zero-order chi connectivity index (χ0) is 15.1. The van der Waals surface area contributed by atoms with Gasteiger partial charge >= 0.3 is 0 Å². The Labute approximate surface area is 128 Å². The third kappa shape index (κ3) is 5.01. The number of rotatable bonds is 6. The lowest BCUT2D eigenvalue weighted by Gasteiger charge is -2.26. The van der Waals surface area contributed by atoms with E-state index in [0.717, 1.165) is 25.7 Å². The van der Waals surface area contributed by atoms with Gasteiger partial charge in [-0.25, -0.2) is 0 Å². The molecule has 3 nitrogen and oxygen atoms in total. The van der Waals surface area contributed by atoms with Crippen molar-refractivity contribution in [2.75, 3.05) is 20.6 Å². The summed E-state index contributed by atoms with van der Waals surface area (Å²) in [5.41, 5.74) is 1.31. The molecule has 0 saturated carbocycles. The monoisotopic (exact) mass is 286 g/mol. The molecule has 21 heavy (non-hydrogen) atoms.